The quantitative estimate of drug-likeness (QED) is 0.162. The standard InChI is InChI=1S/C52H36N2/c1-3-15-37(16-4-1)41-20-12-25-45(34-41)53(47-32-31-38-17-7-8-18-40(38)35-47)46-26-13-21-42(36-46)39-19-11-22-43(33-39)48-28-14-30-51-52(48)49-27-9-10-29-50(49)54(51)44-23-5-2-6-24-44/h1-36H. The summed E-state index contributed by atoms with van der Waals surface area (Å²) < 4.78 is 2.38. The first-order chi connectivity index (χ1) is 26.8. The molecule has 0 aliphatic rings. The zero-order valence-electron chi connectivity index (χ0n) is 29.7. The molecule has 10 aromatic rings. The fourth-order valence-electron chi connectivity index (χ4n) is 8.02. The highest BCUT2D eigenvalue weighted by molar-refractivity contribution is 6.15. The Labute approximate surface area is 315 Å². The van der Waals surface area contributed by atoms with Gasteiger partial charge in [-0.1, -0.05) is 152 Å². The van der Waals surface area contributed by atoms with Crippen molar-refractivity contribution in [1.29, 1.82) is 0 Å². The maximum Gasteiger partial charge on any atom is 0.0547 e. The van der Waals surface area contributed by atoms with Gasteiger partial charge < -0.3 is 9.47 Å². The predicted octanol–water partition coefficient (Wildman–Crippen LogP) is 14.4. The van der Waals surface area contributed by atoms with Crippen molar-refractivity contribution in [2.45, 2.75) is 0 Å². The normalized spacial score (nSPS) is 11.3. The molecule has 54 heavy (non-hydrogen) atoms. The average molecular weight is 689 g/mol. The third kappa shape index (κ3) is 5.62. The van der Waals surface area contributed by atoms with E-state index in [4.69, 9.17) is 0 Å². The zero-order valence-corrected chi connectivity index (χ0v) is 29.7. The fraction of sp³-hybridized carbons (Fsp3) is 0. The first-order valence-corrected chi connectivity index (χ1v) is 18.5. The molecule has 10 rings (SSSR count). The van der Waals surface area contributed by atoms with Gasteiger partial charge in [0.2, 0.25) is 0 Å². The summed E-state index contributed by atoms with van der Waals surface area (Å²) in [4.78, 5) is 2.38. The third-order valence-electron chi connectivity index (χ3n) is 10.5. The molecule has 1 heterocycles. The summed E-state index contributed by atoms with van der Waals surface area (Å²) in [5.74, 6) is 0. The molecule has 0 unspecified atom stereocenters. The zero-order chi connectivity index (χ0) is 35.8. The van der Waals surface area contributed by atoms with E-state index in [1.165, 1.54) is 66.0 Å². The SMILES string of the molecule is c1ccc(-c2cccc(N(c3cccc(-c4cccc(-c5cccc6c5c5ccccc5n6-c5ccccc5)c4)c3)c3ccc4ccccc4c3)c2)cc1. The molecule has 2 nitrogen and oxygen atoms in total. The highest BCUT2D eigenvalue weighted by Crippen LogP contribution is 2.42. The minimum Gasteiger partial charge on any atom is -0.310 e. The van der Waals surface area contributed by atoms with Crippen molar-refractivity contribution in [2.75, 3.05) is 4.90 Å². The molecule has 0 saturated heterocycles. The van der Waals surface area contributed by atoms with Gasteiger partial charge in [-0.25, -0.2) is 0 Å². The van der Waals surface area contributed by atoms with Crippen LogP contribution in [0.4, 0.5) is 17.1 Å². The number of hydrogen-bond donors (Lipinski definition) is 0. The maximum atomic E-state index is 2.38. The first-order valence-electron chi connectivity index (χ1n) is 18.5. The number of para-hydroxylation sites is 2. The van der Waals surface area contributed by atoms with E-state index >= 15 is 0 Å². The van der Waals surface area contributed by atoms with Crippen LogP contribution in [0.1, 0.15) is 0 Å². The lowest BCUT2D eigenvalue weighted by Gasteiger charge is -2.27. The molecular weight excluding hydrogens is 653 g/mol. The van der Waals surface area contributed by atoms with Crippen LogP contribution in [-0.2, 0) is 0 Å². The van der Waals surface area contributed by atoms with Gasteiger partial charge in [0.05, 0.1) is 11.0 Å². The van der Waals surface area contributed by atoms with Crippen molar-refractivity contribution in [1.82, 2.24) is 4.57 Å². The van der Waals surface area contributed by atoms with Crippen LogP contribution in [0.25, 0.3) is 71.6 Å². The van der Waals surface area contributed by atoms with Crippen LogP contribution < -0.4 is 4.90 Å². The summed E-state index contributed by atoms with van der Waals surface area (Å²) in [6.45, 7) is 0. The molecule has 0 amide bonds. The first kappa shape index (κ1) is 31.6. The van der Waals surface area contributed by atoms with Gasteiger partial charge in [-0.05, 0) is 111 Å². The van der Waals surface area contributed by atoms with Crippen LogP contribution in [0, 0.1) is 0 Å². The van der Waals surface area contributed by atoms with E-state index in [-0.39, 0.29) is 0 Å². The lowest BCUT2D eigenvalue weighted by molar-refractivity contribution is 1.18. The fourth-order valence-corrected chi connectivity index (χ4v) is 8.02. The second-order valence-corrected chi connectivity index (χ2v) is 13.8. The number of fused-ring (bicyclic) bond motifs is 4. The van der Waals surface area contributed by atoms with E-state index < -0.39 is 0 Å². The van der Waals surface area contributed by atoms with Crippen molar-refractivity contribution >= 4 is 49.6 Å². The van der Waals surface area contributed by atoms with Gasteiger partial charge >= 0.3 is 0 Å². The predicted molar refractivity (Wildman–Crippen MR) is 229 cm³/mol. The molecule has 2 heteroatoms. The van der Waals surface area contributed by atoms with Crippen LogP contribution >= 0.6 is 0 Å². The maximum absolute atomic E-state index is 2.38. The summed E-state index contributed by atoms with van der Waals surface area (Å²) in [6.07, 6.45) is 0. The minimum absolute atomic E-state index is 1.10. The Hall–Kier alpha value is -7.16. The molecule has 0 spiro atoms. The Balaban J connectivity index is 1.10. The largest absolute Gasteiger partial charge is 0.310 e. The van der Waals surface area contributed by atoms with E-state index in [0.29, 0.717) is 0 Å². The summed E-state index contributed by atoms with van der Waals surface area (Å²) >= 11 is 0. The second kappa shape index (κ2) is 13.4. The third-order valence-corrected chi connectivity index (χ3v) is 10.5. The Morgan fingerprint density at radius 2 is 0.852 bits per heavy atom. The Morgan fingerprint density at radius 1 is 0.315 bits per heavy atom. The van der Waals surface area contributed by atoms with Crippen molar-refractivity contribution in [3.8, 4) is 39.1 Å². The van der Waals surface area contributed by atoms with Crippen LogP contribution in [-0.4, -0.2) is 4.57 Å². The van der Waals surface area contributed by atoms with Gasteiger partial charge in [0.1, 0.15) is 0 Å². The summed E-state index contributed by atoms with van der Waals surface area (Å²) in [5, 5.41) is 4.96. The van der Waals surface area contributed by atoms with Crippen LogP contribution in [0.3, 0.4) is 0 Å². The number of rotatable bonds is 7. The molecule has 0 aliphatic carbocycles. The highest BCUT2D eigenvalue weighted by Gasteiger charge is 2.18. The topological polar surface area (TPSA) is 8.17 Å². The van der Waals surface area contributed by atoms with Crippen molar-refractivity contribution in [2.24, 2.45) is 0 Å². The number of nitrogens with zero attached hydrogens (tertiary/aromatic N) is 2. The molecule has 9 aromatic carbocycles. The minimum atomic E-state index is 1.10. The van der Waals surface area contributed by atoms with Gasteiger partial charge in [-0.15, -0.1) is 0 Å². The monoisotopic (exact) mass is 688 g/mol. The molecule has 0 N–H and O–H groups in total. The average Bonchev–Trinajstić information content (AvgIpc) is 3.59. The van der Waals surface area contributed by atoms with E-state index in [9.17, 15) is 0 Å². The molecule has 0 saturated carbocycles. The lowest BCUT2D eigenvalue weighted by atomic mass is 9.95. The Kier molecular flexibility index (Phi) is 7.85. The number of benzene rings is 9. The highest BCUT2D eigenvalue weighted by atomic mass is 15.1. The molecule has 0 radical (unpaired) electrons. The summed E-state index contributed by atoms with van der Waals surface area (Å²) in [5.41, 5.74) is 14.1. The molecule has 0 atom stereocenters. The van der Waals surface area contributed by atoms with E-state index in [1.54, 1.807) is 0 Å². The second-order valence-electron chi connectivity index (χ2n) is 13.8. The molecule has 1 aromatic heterocycles. The number of hydrogen-bond acceptors (Lipinski definition) is 1. The molecule has 0 fully saturated rings. The van der Waals surface area contributed by atoms with Crippen LogP contribution in [0.5, 0.6) is 0 Å². The van der Waals surface area contributed by atoms with Crippen LogP contribution in [0.2, 0.25) is 0 Å². The summed E-state index contributed by atoms with van der Waals surface area (Å²) in [6, 6.07) is 78.9. The number of aromatic nitrogens is 1. The number of anilines is 3. The van der Waals surface area contributed by atoms with Gasteiger partial charge in [-0.2, -0.15) is 0 Å². The lowest BCUT2D eigenvalue weighted by Crippen LogP contribution is -2.10. The van der Waals surface area contributed by atoms with Gasteiger partial charge in [0.15, 0.2) is 0 Å². The van der Waals surface area contributed by atoms with E-state index in [2.05, 4.69) is 228 Å². The van der Waals surface area contributed by atoms with Gasteiger partial charge in [0, 0.05) is 33.5 Å². The van der Waals surface area contributed by atoms with Gasteiger partial charge in [-0.3, -0.25) is 0 Å². The Morgan fingerprint density at radius 3 is 1.63 bits per heavy atom. The van der Waals surface area contributed by atoms with Crippen molar-refractivity contribution in [3.63, 3.8) is 0 Å². The molecule has 254 valence electrons. The van der Waals surface area contributed by atoms with Crippen molar-refractivity contribution < 1.29 is 0 Å². The molecule has 0 bridgehead atoms. The molecule has 0 aliphatic heterocycles. The Bertz CT molecular complexity index is 2940. The van der Waals surface area contributed by atoms with Gasteiger partial charge in [0.25, 0.3) is 0 Å². The smallest absolute Gasteiger partial charge is 0.0547 e. The van der Waals surface area contributed by atoms with Crippen molar-refractivity contribution in [3.05, 3.63) is 218 Å². The van der Waals surface area contributed by atoms with E-state index in [0.717, 1.165) is 22.7 Å². The molecular formula is C52H36N2. The van der Waals surface area contributed by atoms with Crippen LogP contribution in [0.15, 0.2) is 218 Å². The van der Waals surface area contributed by atoms with E-state index in [1.807, 2.05) is 0 Å². The summed E-state index contributed by atoms with van der Waals surface area (Å²) in [7, 11) is 0.